The van der Waals surface area contributed by atoms with E-state index in [9.17, 15) is 4.79 Å². The second kappa shape index (κ2) is 5.68. The van der Waals surface area contributed by atoms with Crippen molar-refractivity contribution >= 4 is 33.3 Å². The molecule has 18 heavy (non-hydrogen) atoms. The summed E-state index contributed by atoms with van der Waals surface area (Å²) in [4.78, 5) is 12.2. The smallest absolute Gasteiger partial charge is 0.193 e. The van der Waals surface area contributed by atoms with E-state index in [4.69, 9.17) is 11.6 Å². The molecule has 0 radical (unpaired) electrons. The van der Waals surface area contributed by atoms with Gasteiger partial charge in [0.1, 0.15) is 0 Å². The van der Waals surface area contributed by atoms with E-state index >= 15 is 0 Å². The summed E-state index contributed by atoms with van der Waals surface area (Å²) in [6, 6.07) is 12.9. The Hall–Kier alpha value is -1.12. The molecule has 0 aliphatic heterocycles. The van der Waals surface area contributed by atoms with Crippen LogP contribution in [0.5, 0.6) is 0 Å². The highest BCUT2D eigenvalue weighted by molar-refractivity contribution is 9.10. The monoisotopic (exact) mass is 322 g/mol. The first kappa shape index (κ1) is 13.3. The van der Waals surface area contributed by atoms with Crippen LogP contribution in [0.3, 0.4) is 0 Å². The van der Waals surface area contributed by atoms with E-state index in [2.05, 4.69) is 22.9 Å². The fourth-order valence-corrected chi connectivity index (χ4v) is 2.19. The molecule has 0 fully saturated rings. The zero-order valence-electron chi connectivity index (χ0n) is 9.91. The zero-order valence-corrected chi connectivity index (χ0v) is 12.3. The molecule has 1 nitrogen and oxygen atoms in total. The van der Waals surface area contributed by atoms with Crippen molar-refractivity contribution in [2.45, 2.75) is 13.3 Å². The number of carbonyl (C=O) groups excluding carboxylic acids is 1. The number of aryl methyl sites for hydroxylation is 1. The van der Waals surface area contributed by atoms with Gasteiger partial charge in [-0.05, 0) is 46.1 Å². The Balaban J connectivity index is 2.32. The SMILES string of the molecule is CCc1ccc(C(=O)c2ccc(Cl)c(Br)c2)cc1. The zero-order chi connectivity index (χ0) is 13.1. The summed E-state index contributed by atoms with van der Waals surface area (Å²) in [7, 11) is 0. The number of rotatable bonds is 3. The largest absolute Gasteiger partial charge is 0.289 e. The van der Waals surface area contributed by atoms with Crippen LogP contribution in [0.2, 0.25) is 5.02 Å². The second-order valence-corrected chi connectivity index (χ2v) is 5.27. The van der Waals surface area contributed by atoms with Crippen molar-refractivity contribution in [1.29, 1.82) is 0 Å². The van der Waals surface area contributed by atoms with Crippen LogP contribution >= 0.6 is 27.5 Å². The molecule has 0 aliphatic rings. The summed E-state index contributed by atoms with van der Waals surface area (Å²) in [6.07, 6.45) is 0.973. The van der Waals surface area contributed by atoms with E-state index in [0.29, 0.717) is 16.1 Å². The van der Waals surface area contributed by atoms with Gasteiger partial charge in [0.2, 0.25) is 0 Å². The lowest BCUT2D eigenvalue weighted by molar-refractivity contribution is 0.103. The maximum atomic E-state index is 12.2. The Morgan fingerprint density at radius 2 is 1.72 bits per heavy atom. The lowest BCUT2D eigenvalue weighted by Crippen LogP contribution is -2.01. The summed E-state index contributed by atoms with van der Waals surface area (Å²) >= 11 is 9.24. The van der Waals surface area contributed by atoms with Gasteiger partial charge in [0, 0.05) is 15.6 Å². The van der Waals surface area contributed by atoms with Gasteiger partial charge in [-0.3, -0.25) is 4.79 Å². The van der Waals surface area contributed by atoms with E-state index in [-0.39, 0.29) is 5.78 Å². The third-order valence-electron chi connectivity index (χ3n) is 2.81. The number of carbonyl (C=O) groups is 1. The van der Waals surface area contributed by atoms with E-state index in [1.807, 2.05) is 24.3 Å². The van der Waals surface area contributed by atoms with E-state index in [1.165, 1.54) is 5.56 Å². The molecule has 92 valence electrons. The van der Waals surface area contributed by atoms with E-state index in [1.54, 1.807) is 18.2 Å². The Labute approximate surface area is 120 Å². The number of benzene rings is 2. The van der Waals surface area contributed by atoms with Crippen LogP contribution in [0.15, 0.2) is 46.9 Å². The standard InChI is InChI=1S/C15H12BrClO/c1-2-10-3-5-11(6-4-10)15(18)12-7-8-14(17)13(16)9-12/h3-9H,2H2,1H3. The second-order valence-electron chi connectivity index (χ2n) is 4.01. The maximum Gasteiger partial charge on any atom is 0.193 e. The Morgan fingerprint density at radius 1 is 1.11 bits per heavy atom. The molecule has 3 heteroatoms. The van der Waals surface area contributed by atoms with Gasteiger partial charge >= 0.3 is 0 Å². The molecule has 0 aliphatic carbocycles. The topological polar surface area (TPSA) is 17.1 Å². The van der Waals surface area contributed by atoms with Crippen molar-refractivity contribution in [3.63, 3.8) is 0 Å². The molecule has 0 aromatic heterocycles. The molecule has 0 saturated carbocycles. The lowest BCUT2D eigenvalue weighted by Gasteiger charge is -2.04. The quantitative estimate of drug-likeness (QED) is 0.735. The maximum absolute atomic E-state index is 12.2. The molecular formula is C15H12BrClO. The van der Waals surface area contributed by atoms with Crippen molar-refractivity contribution in [2.75, 3.05) is 0 Å². The predicted octanol–water partition coefficient (Wildman–Crippen LogP) is 4.90. The van der Waals surface area contributed by atoms with Gasteiger partial charge in [-0.25, -0.2) is 0 Å². The van der Waals surface area contributed by atoms with Crippen LogP contribution in [0.25, 0.3) is 0 Å². The molecule has 0 amide bonds. The Morgan fingerprint density at radius 3 is 2.28 bits per heavy atom. The minimum Gasteiger partial charge on any atom is -0.289 e. The highest BCUT2D eigenvalue weighted by Gasteiger charge is 2.10. The number of ketones is 1. The molecule has 0 unspecified atom stereocenters. The van der Waals surface area contributed by atoms with Crippen molar-refractivity contribution in [3.05, 3.63) is 68.7 Å². The van der Waals surface area contributed by atoms with Gasteiger partial charge in [0.15, 0.2) is 5.78 Å². The van der Waals surface area contributed by atoms with Gasteiger partial charge < -0.3 is 0 Å². The highest BCUT2D eigenvalue weighted by Crippen LogP contribution is 2.24. The average Bonchev–Trinajstić information content (AvgIpc) is 2.41. The summed E-state index contributed by atoms with van der Waals surface area (Å²) < 4.78 is 0.736. The number of hydrogen-bond acceptors (Lipinski definition) is 1. The van der Waals surface area contributed by atoms with Crippen molar-refractivity contribution in [3.8, 4) is 0 Å². The normalized spacial score (nSPS) is 10.4. The Kier molecular flexibility index (Phi) is 4.20. The summed E-state index contributed by atoms with van der Waals surface area (Å²) in [5.41, 5.74) is 2.56. The molecule has 0 atom stereocenters. The minimum absolute atomic E-state index is 0.00928. The van der Waals surface area contributed by atoms with E-state index in [0.717, 1.165) is 10.9 Å². The molecule has 0 spiro atoms. The average molecular weight is 324 g/mol. The van der Waals surface area contributed by atoms with Gasteiger partial charge in [0.25, 0.3) is 0 Å². The van der Waals surface area contributed by atoms with Gasteiger partial charge in [0.05, 0.1) is 5.02 Å². The first-order valence-electron chi connectivity index (χ1n) is 5.70. The van der Waals surface area contributed by atoms with Crippen LogP contribution in [-0.2, 0) is 6.42 Å². The van der Waals surface area contributed by atoms with E-state index < -0.39 is 0 Å². The van der Waals surface area contributed by atoms with Gasteiger partial charge in [-0.2, -0.15) is 0 Å². The van der Waals surface area contributed by atoms with Crippen LogP contribution in [0.1, 0.15) is 28.4 Å². The molecule has 0 bridgehead atoms. The number of halogens is 2. The predicted molar refractivity (Wildman–Crippen MR) is 78.4 cm³/mol. The van der Waals surface area contributed by atoms with Crippen LogP contribution in [0.4, 0.5) is 0 Å². The molecule has 2 aromatic rings. The summed E-state index contributed by atoms with van der Waals surface area (Å²) in [5, 5.41) is 0.605. The van der Waals surface area contributed by atoms with Crippen molar-refractivity contribution in [2.24, 2.45) is 0 Å². The Bertz CT molecular complexity index is 576. The minimum atomic E-state index is 0.00928. The first-order valence-corrected chi connectivity index (χ1v) is 6.87. The molecular weight excluding hydrogens is 312 g/mol. The lowest BCUT2D eigenvalue weighted by atomic mass is 10.0. The summed E-state index contributed by atoms with van der Waals surface area (Å²) in [5.74, 6) is 0.00928. The third-order valence-corrected chi connectivity index (χ3v) is 4.02. The van der Waals surface area contributed by atoms with Gasteiger partial charge in [-0.15, -0.1) is 0 Å². The third kappa shape index (κ3) is 2.82. The van der Waals surface area contributed by atoms with Gasteiger partial charge in [-0.1, -0.05) is 42.8 Å². The van der Waals surface area contributed by atoms with Crippen LogP contribution in [0, 0.1) is 0 Å². The molecule has 0 N–H and O–H groups in total. The highest BCUT2D eigenvalue weighted by atomic mass is 79.9. The summed E-state index contributed by atoms with van der Waals surface area (Å²) in [6.45, 7) is 2.09. The van der Waals surface area contributed by atoms with Crippen LogP contribution in [-0.4, -0.2) is 5.78 Å². The van der Waals surface area contributed by atoms with Crippen molar-refractivity contribution < 1.29 is 4.79 Å². The fraction of sp³-hybridized carbons (Fsp3) is 0.133. The molecule has 2 rings (SSSR count). The molecule has 0 saturated heterocycles. The van der Waals surface area contributed by atoms with Crippen LogP contribution < -0.4 is 0 Å². The van der Waals surface area contributed by atoms with Crippen molar-refractivity contribution in [1.82, 2.24) is 0 Å². The fourth-order valence-electron chi connectivity index (χ4n) is 1.70. The molecule has 2 aromatic carbocycles. The number of hydrogen-bond donors (Lipinski definition) is 0. The first-order chi connectivity index (χ1) is 8.61. The molecule has 0 heterocycles.